The van der Waals surface area contributed by atoms with Gasteiger partial charge in [-0.1, -0.05) is 48.5 Å². The Bertz CT molecular complexity index is 1180. The third-order valence-corrected chi connectivity index (χ3v) is 6.04. The Morgan fingerprint density at radius 2 is 1.69 bits per heavy atom. The molecule has 0 aliphatic carbocycles. The first-order valence-corrected chi connectivity index (χ1v) is 11.6. The fourth-order valence-corrected chi connectivity index (χ4v) is 4.31. The molecule has 3 aromatic rings. The maximum absolute atomic E-state index is 12.9. The summed E-state index contributed by atoms with van der Waals surface area (Å²) in [6.45, 7) is 0.726. The number of anilines is 1. The van der Waals surface area contributed by atoms with Crippen LogP contribution in [0.1, 0.15) is 12.8 Å². The number of unbranched alkanes of at least 4 members (excludes halogenated alkanes) is 1. The molecule has 32 heavy (non-hydrogen) atoms. The van der Waals surface area contributed by atoms with Gasteiger partial charge in [0, 0.05) is 36.7 Å². The van der Waals surface area contributed by atoms with Gasteiger partial charge < -0.3 is 5.32 Å². The molecule has 9 heteroatoms. The van der Waals surface area contributed by atoms with E-state index in [0.717, 1.165) is 11.3 Å². The summed E-state index contributed by atoms with van der Waals surface area (Å²) in [6, 6.07) is 19.9. The van der Waals surface area contributed by atoms with Crippen LogP contribution in [0.5, 0.6) is 0 Å². The number of nitrogens with zero attached hydrogens (tertiary/aromatic N) is 3. The van der Waals surface area contributed by atoms with Crippen molar-refractivity contribution in [3.05, 3.63) is 79.1 Å². The molecule has 164 valence electrons. The number of hydrogen-bond donors (Lipinski definition) is 3. The van der Waals surface area contributed by atoms with Gasteiger partial charge in [-0.3, -0.25) is 15.3 Å². The van der Waals surface area contributed by atoms with E-state index in [1.165, 1.54) is 0 Å². The first-order valence-electron chi connectivity index (χ1n) is 10.1. The van der Waals surface area contributed by atoms with Crippen molar-refractivity contribution < 1.29 is 8.42 Å². The van der Waals surface area contributed by atoms with Crippen LogP contribution in [0.3, 0.4) is 0 Å². The Morgan fingerprint density at radius 1 is 0.969 bits per heavy atom. The van der Waals surface area contributed by atoms with Gasteiger partial charge in [0.1, 0.15) is 0 Å². The lowest BCUT2D eigenvalue weighted by molar-refractivity contribution is 0.577. The number of sulfonamides is 1. The van der Waals surface area contributed by atoms with E-state index in [-0.39, 0.29) is 4.90 Å². The lowest BCUT2D eigenvalue weighted by Crippen LogP contribution is -2.27. The molecule has 3 rings (SSSR count). The van der Waals surface area contributed by atoms with Crippen molar-refractivity contribution in [2.75, 3.05) is 18.4 Å². The van der Waals surface area contributed by atoms with Crippen molar-refractivity contribution in [3.8, 4) is 17.3 Å². The predicted molar refractivity (Wildman–Crippen MR) is 125 cm³/mol. The molecule has 0 spiro atoms. The predicted octanol–water partition coefficient (Wildman–Crippen LogP) is 3.35. The molecule has 0 unspecified atom stereocenters. The molecule has 2 aromatic carbocycles. The second kappa shape index (κ2) is 11.6. The van der Waals surface area contributed by atoms with Crippen molar-refractivity contribution in [2.45, 2.75) is 17.7 Å². The van der Waals surface area contributed by atoms with Crippen LogP contribution in [0.15, 0.2) is 89.0 Å². The van der Waals surface area contributed by atoms with Crippen molar-refractivity contribution in [1.29, 1.82) is 5.26 Å². The fourth-order valence-electron chi connectivity index (χ4n) is 3.00. The van der Waals surface area contributed by atoms with Gasteiger partial charge in [0.25, 0.3) is 0 Å². The van der Waals surface area contributed by atoms with Crippen LogP contribution in [-0.2, 0) is 10.0 Å². The minimum Gasteiger partial charge on any atom is -0.325 e. The molecule has 0 bridgehead atoms. The summed E-state index contributed by atoms with van der Waals surface area (Å²) >= 11 is 0. The van der Waals surface area contributed by atoms with Crippen molar-refractivity contribution in [3.63, 3.8) is 0 Å². The average Bonchev–Trinajstić information content (AvgIpc) is 2.82. The standard InChI is InChI=1S/C23H24N6O2S/c24-18-27-23(29-20-12-16-25-17-13-20)26-14-6-7-15-28-32(30,31)22-11-5-4-10-21(22)19-8-2-1-3-9-19/h1-5,8-13,16-17,28H,6-7,14-15H2,(H2,25,26,27,29). The Balaban J connectivity index is 1.53. The Morgan fingerprint density at radius 3 is 2.44 bits per heavy atom. The van der Waals surface area contributed by atoms with Crippen molar-refractivity contribution in [2.24, 2.45) is 4.99 Å². The van der Waals surface area contributed by atoms with Crippen LogP contribution in [0.2, 0.25) is 0 Å². The van der Waals surface area contributed by atoms with Gasteiger partial charge in [0.15, 0.2) is 6.19 Å². The van der Waals surface area contributed by atoms with E-state index >= 15 is 0 Å². The first kappa shape index (κ1) is 22.9. The minimum absolute atomic E-state index is 0.256. The topological polar surface area (TPSA) is 119 Å². The number of aromatic nitrogens is 1. The number of pyridine rings is 1. The number of aliphatic imine (C=N–C) groups is 1. The lowest BCUT2D eigenvalue weighted by atomic mass is 10.1. The van der Waals surface area contributed by atoms with Gasteiger partial charge >= 0.3 is 0 Å². The van der Waals surface area contributed by atoms with Crippen LogP contribution >= 0.6 is 0 Å². The van der Waals surface area contributed by atoms with Gasteiger partial charge in [-0.15, -0.1) is 0 Å². The summed E-state index contributed by atoms with van der Waals surface area (Å²) in [4.78, 5) is 8.52. The smallest absolute Gasteiger partial charge is 0.241 e. The van der Waals surface area contributed by atoms with Crippen LogP contribution in [0.4, 0.5) is 5.69 Å². The van der Waals surface area contributed by atoms with E-state index in [1.807, 2.05) is 42.6 Å². The zero-order valence-corrected chi connectivity index (χ0v) is 18.2. The second-order valence-corrected chi connectivity index (χ2v) is 8.53. The molecule has 0 saturated heterocycles. The molecule has 0 aliphatic rings. The van der Waals surface area contributed by atoms with E-state index in [4.69, 9.17) is 5.26 Å². The number of guanidine groups is 1. The summed E-state index contributed by atoms with van der Waals surface area (Å²) in [5.41, 5.74) is 2.27. The quantitative estimate of drug-likeness (QED) is 0.152. The molecule has 3 N–H and O–H groups in total. The SMILES string of the molecule is N#CN/C(=N\CCCCNS(=O)(=O)c1ccccc1-c1ccccc1)Nc1ccncc1. The van der Waals surface area contributed by atoms with Gasteiger partial charge in [-0.05, 0) is 36.6 Å². The van der Waals surface area contributed by atoms with Gasteiger partial charge in [-0.25, -0.2) is 13.1 Å². The Labute approximate surface area is 188 Å². The average molecular weight is 449 g/mol. The second-order valence-electron chi connectivity index (χ2n) is 6.80. The summed E-state index contributed by atoms with van der Waals surface area (Å²) in [5.74, 6) is 0.330. The maximum atomic E-state index is 12.9. The van der Waals surface area contributed by atoms with E-state index in [0.29, 0.717) is 37.5 Å². The maximum Gasteiger partial charge on any atom is 0.241 e. The molecule has 0 amide bonds. The normalized spacial score (nSPS) is 11.5. The molecule has 8 nitrogen and oxygen atoms in total. The molecule has 1 aromatic heterocycles. The number of hydrogen-bond acceptors (Lipinski definition) is 5. The molecule has 0 radical (unpaired) electrons. The van der Waals surface area contributed by atoms with Crippen molar-refractivity contribution in [1.82, 2.24) is 15.0 Å². The third-order valence-electron chi connectivity index (χ3n) is 4.53. The molecule has 1 heterocycles. The number of nitriles is 1. The van der Waals surface area contributed by atoms with E-state index in [9.17, 15) is 8.42 Å². The Hall–Kier alpha value is -3.74. The highest BCUT2D eigenvalue weighted by molar-refractivity contribution is 7.89. The van der Waals surface area contributed by atoms with Gasteiger partial charge in [-0.2, -0.15) is 5.26 Å². The number of rotatable bonds is 9. The summed E-state index contributed by atoms with van der Waals surface area (Å²) < 4.78 is 28.4. The number of nitrogens with one attached hydrogen (secondary N) is 3. The molecule has 0 saturated carbocycles. The molecular weight excluding hydrogens is 424 g/mol. The zero-order valence-electron chi connectivity index (χ0n) is 17.4. The molecule has 0 atom stereocenters. The fraction of sp³-hybridized carbons (Fsp3) is 0.174. The number of benzene rings is 2. The minimum atomic E-state index is -3.65. The summed E-state index contributed by atoms with van der Waals surface area (Å²) in [7, 11) is -3.65. The summed E-state index contributed by atoms with van der Waals surface area (Å²) in [5, 5.41) is 14.4. The molecule has 0 fully saturated rings. The van der Waals surface area contributed by atoms with Crippen LogP contribution < -0.4 is 15.4 Å². The van der Waals surface area contributed by atoms with E-state index < -0.39 is 10.0 Å². The first-order chi connectivity index (χ1) is 15.6. The monoisotopic (exact) mass is 448 g/mol. The highest BCUT2D eigenvalue weighted by atomic mass is 32.2. The van der Waals surface area contributed by atoms with Crippen LogP contribution in [-0.4, -0.2) is 32.5 Å². The van der Waals surface area contributed by atoms with E-state index in [1.54, 1.807) is 42.7 Å². The third kappa shape index (κ3) is 6.63. The van der Waals surface area contributed by atoms with Gasteiger partial charge in [0.2, 0.25) is 16.0 Å². The zero-order chi connectivity index (χ0) is 22.7. The lowest BCUT2D eigenvalue weighted by Gasteiger charge is -2.12. The van der Waals surface area contributed by atoms with Crippen LogP contribution in [0.25, 0.3) is 11.1 Å². The highest BCUT2D eigenvalue weighted by Crippen LogP contribution is 2.26. The Kier molecular flexibility index (Phi) is 8.31. The van der Waals surface area contributed by atoms with Crippen LogP contribution in [0, 0.1) is 11.5 Å². The summed E-state index contributed by atoms with van der Waals surface area (Å²) in [6.07, 6.45) is 6.37. The molecular formula is C23H24N6O2S. The van der Waals surface area contributed by atoms with Crippen molar-refractivity contribution >= 4 is 21.7 Å². The van der Waals surface area contributed by atoms with E-state index in [2.05, 4.69) is 25.3 Å². The largest absolute Gasteiger partial charge is 0.325 e. The van der Waals surface area contributed by atoms with Gasteiger partial charge in [0.05, 0.1) is 4.90 Å². The molecule has 0 aliphatic heterocycles. The highest BCUT2D eigenvalue weighted by Gasteiger charge is 2.18.